The monoisotopic (exact) mass is 322 g/mol. The second kappa shape index (κ2) is 4.27. The number of oxazole rings is 1. The van der Waals surface area contributed by atoms with Crippen LogP contribution < -0.4 is 10.7 Å². The molecule has 0 saturated heterocycles. The van der Waals surface area contributed by atoms with Crippen LogP contribution in [-0.4, -0.2) is 29.3 Å². The van der Waals surface area contributed by atoms with Crippen molar-refractivity contribution in [1.82, 2.24) is 15.2 Å². The van der Waals surface area contributed by atoms with Crippen molar-refractivity contribution in [1.29, 1.82) is 0 Å². The number of rotatable bonds is 2. The molecule has 2 N–H and O–H groups in total. The second-order valence-corrected chi connectivity index (χ2v) is 5.15. The van der Waals surface area contributed by atoms with E-state index in [0.29, 0.717) is 11.1 Å². The zero-order valence-corrected chi connectivity index (χ0v) is 11.9. The lowest BCUT2D eigenvalue weighted by Gasteiger charge is -2.08. The van der Waals surface area contributed by atoms with Gasteiger partial charge in [-0.15, -0.1) is 0 Å². The normalized spacial score (nSPS) is 11.1. The summed E-state index contributed by atoms with van der Waals surface area (Å²) < 4.78 is 5.92. The van der Waals surface area contributed by atoms with E-state index in [0.717, 1.165) is 21.5 Å². The van der Waals surface area contributed by atoms with Crippen LogP contribution >= 0.6 is 15.9 Å². The Morgan fingerprint density at radius 3 is 2.84 bits per heavy atom. The van der Waals surface area contributed by atoms with Gasteiger partial charge in [0.25, 0.3) is 0 Å². The topological polar surface area (TPSA) is 77.9 Å². The fraction of sp³-hybridized carbons (Fsp3) is 0.167. The number of aromatic amines is 2. The molecule has 0 spiro atoms. The third-order valence-electron chi connectivity index (χ3n) is 2.82. The summed E-state index contributed by atoms with van der Waals surface area (Å²) in [6.07, 6.45) is 0. The second-order valence-electron chi connectivity index (χ2n) is 4.36. The molecule has 0 radical (unpaired) electrons. The number of halogens is 1. The van der Waals surface area contributed by atoms with Crippen molar-refractivity contribution in [3.8, 4) is 11.3 Å². The molecule has 0 unspecified atom stereocenters. The predicted octanol–water partition coefficient (Wildman–Crippen LogP) is 2.34. The van der Waals surface area contributed by atoms with Crippen LogP contribution in [0.25, 0.3) is 22.4 Å². The molecule has 0 bridgehead atoms. The molecule has 6 nitrogen and oxygen atoms in total. The molecule has 0 amide bonds. The molecule has 0 aliphatic carbocycles. The van der Waals surface area contributed by atoms with Gasteiger partial charge in [0, 0.05) is 19.7 Å². The van der Waals surface area contributed by atoms with Gasteiger partial charge in [0.2, 0.25) is 0 Å². The van der Waals surface area contributed by atoms with Crippen molar-refractivity contribution in [3.05, 3.63) is 33.2 Å². The van der Waals surface area contributed by atoms with Crippen molar-refractivity contribution in [2.45, 2.75) is 0 Å². The Kier molecular flexibility index (Phi) is 2.70. The molecule has 3 aromatic rings. The highest BCUT2D eigenvalue weighted by Gasteiger charge is 2.14. The molecule has 2 heterocycles. The zero-order valence-electron chi connectivity index (χ0n) is 10.3. The molecule has 7 heteroatoms. The van der Waals surface area contributed by atoms with Crippen LogP contribution in [0.3, 0.4) is 0 Å². The zero-order chi connectivity index (χ0) is 13.6. The van der Waals surface area contributed by atoms with Crippen molar-refractivity contribution < 1.29 is 4.42 Å². The molecular formula is C12H11BrN4O2. The standard InChI is InChI=1S/C12H11BrN4O2/c1-17(2)11-9(13)10(15-16-11)6-3-4-7-8(5-6)19-12(18)14-7/h3-5H,1-2H3,(H,14,18)(H,15,16). The van der Waals surface area contributed by atoms with E-state index >= 15 is 0 Å². The van der Waals surface area contributed by atoms with Crippen molar-refractivity contribution in [3.63, 3.8) is 0 Å². The Morgan fingerprint density at radius 2 is 2.16 bits per heavy atom. The Hall–Kier alpha value is -2.02. The van der Waals surface area contributed by atoms with Crippen LogP contribution in [0.4, 0.5) is 5.82 Å². The van der Waals surface area contributed by atoms with E-state index in [1.165, 1.54) is 0 Å². The molecule has 0 aliphatic heterocycles. The summed E-state index contributed by atoms with van der Waals surface area (Å²) in [5, 5.41) is 7.21. The lowest BCUT2D eigenvalue weighted by molar-refractivity contribution is 0.555. The Balaban J connectivity index is 2.16. The first-order valence-electron chi connectivity index (χ1n) is 5.60. The molecular weight excluding hydrogens is 312 g/mol. The number of nitrogens with one attached hydrogen (secondary N) is 2. The maximum atomic E-state index is 11.1. The molecule has 0 saturated carbocycles. The van der Waals surface area contributed by atoms with E-state index < -0.39 is 5.76 Å². The average Bonchev–Trinajstić information content (AvgIpc) is 2.89. The summed E-state index contributed by atoms with van der Waals surface area (Å²) in [5.41, 5.74) is 2.93. The van der Waals surface area contributed by atoms with Crippen LogP contribution in [-0.2, 0) is 0 Å². The van der Waals surface area contributed by atoms with Gasteiger partial charge in [-0.25, -0.2) is 4.79 Å². The van der Waals surface area contributed by atoms with Crippen LogP contribution in [0.1, 0.15) is 0 Å². The minimum atomic E-state index is -0.454. The number of nitrogens with zero attached hydrogens (tertiary/aromatic N) is 2. The van der Waals surface area contributed by atoms with Gasteiger partial charge in [-0.3, -0.25) is 10.1 Å². The average molecular weight is 323 g/mol. The first-order valence-corrected chi connectivity index (χ1v) is 6.40. The smallest absolute Gasteiger partial charge is 0.408 e. The van der Waals surface area contributed by atoms with E-state index in [1.807, 2.05) is 25.1 Å². The quantitative estimate of drug-likeness (QED) is 0.759. The van der Waals surface area contributed by atoms with Gasteiger partial charge >= 0.3 is 5.76 Å². The number of benzene rings is 1. The van der Waals surface area contributed by atoms with Crippen LogP contribution in [0.5, 0.6) is 0 Å². The number of fused-ring (bicyclic) bond motifs is 1. The lowest BCUT2D eigenvalue weighted by atomic mass is 10.1. The SMILES string of the molecule is CN(C)c1n[nH]c(-c2ccc3[nH]c(=O)oc3c2)c1Br. The number of anilines is 1. The molecule has 2 aromatic heterocycles. The minimum Gasteiger partial charge on any atom is -0.408 e. The number of hydrogen-bond donors (Lipinski definition) is 2. The van der Waals surface area contributed by atoms with E-state index in [-0.39, 0.29) is 0 Å². The van der Waals surface area contributed by atoms with Crippen molar-refractivity contribution >= 4 is 32.8 Å². The maximum absolute atomic E-state index is 11.1. The summed E-state index contributed by atoms with van der Waals surface area (Å²) >= 11 is 3.52. The molecule has 0 aliphatic rings. The minimum absolute atomic E-state index is 0.454. The number of aromatic nitrogens is 3. The van der Waals surface area contributed by atoms with Gasteiger partial charge in [-0.1, -0.05) is 6.07 Å². The Morgan fingerprint density at radius 1 is 1.37 bits per heavy atom. The summed E-state index contributed by atoms with van der Waals surface area (Å²) in [6.45, 7) is 0. The predicted molar refractivity (Wildman–Crippen MR) is 76.4 cm³/mol. The van der Waals surface area contributed by atoms with Gasteiger partial charge in [-0.05, 0) is 28.1 Å². The molecule has 19 heavy (non-hydrogen) atoms. The third-order valence-corrected chi connectivity index (χ3v) is 3.57. The fourth-order valence-electron chi connectivity index (χ4n) is 1.91. The van der Waals surface area contributed by atoms with E-state index in [1.54, 1.807) is 12.1 Å². The Bertz CT molecular complexity index is 800. The van der Waals surface area contributed by atoms with Gasteiger partial charge in [0.05, 0.1) is 15.7 Å². The highest BCUT2D eigenvalue weighted by molar-refractivity contribution is 9.10. The van der Waals surface area contributed by atoms with Crippen LogP contribution in [0, 0.1) is 0 Å². The van der Waals surface area contributed by atoms with Gasteiger partial charge in [-0.2, -0.15) is 5.10 Å². The van der Waals surface area contributed by atoms with Gasteiger partial charge in [0.15, 0.2) is 11.4 Å². The third kappa shape index (κ3) is 1.95. The molecule has 0 atom stereocenters. The van der Waals surface area contributed by atoms with Gasteiger partial charge < -0.3 is 9.32 Å². The molecule has 98 valence electrons. The largest absolute Gasteiger partial charge is 0.417 e. The molecule has 1 aromatic carbocycles. The summed E-state index contributed by atoms with van der Waals surface area (Å²) in [6, 6.07) is 5.49. The summed E-state index contributed by atoms with van der Waals surface area (Å²) in [7, 11) is 3.83. The summed E-state index contributed by atoms with van der Waals surface area (Å²) in [4.78, 5) is 15.6. The summed E-state index contributed by atoms with van der Waals surface area (Å²) in [5.74, 6) is 0.357. The fourth-order valence-corrected chi connectivity index (χ4v) is 2.67. The molecule has 3 rings (SSSR count). The Labute approximate surface area is 116 Å². The lowest BCUT2D eigenvalue weighted by Crippen LogP contribution is -2.09. The highest BCUT2D eigenvalue weighted by Crippen LogP contribution is 2.33. The molecule has 0 fully saturated rings. The first-order chi connectivity index (χ1) is 9.06. The highest BCUT2D eigenvalue weighted by atomic mass is 79.9. The van der Waals surface area contributed by atoms with E-state index in [2.05, 4.69) is 31.1 Å². The van der Waals surface area contributed by atoms with Gasteiger partial charge in [0.1, 0.15) is 0 Å². The van der Waals surface area contributed by atoms with Crippen molar-refractivity contribution in [2.24, 2.45) is 0 Å². The van der Waals surface area contributed by atoms with Crippen LogP contribution in [0.2, 0.25) is 0 Å². The maximum Gasteiger partial charge on any atom is 0.417 e. The number of hydrogen-bond acceptors (Lipinski definition) is 4. The number of H-pyrrole nitrogens is 2. The van der Waals surface area contributed by atoms with Crippen molar-refractivity contribution in [2.75, 3.05) is 19.0 Å². The van der Waals surface area contributed by atoms with E-state index in [4.69, 9.17) is 4.42 Å². The van der Waals surface area contributed by atoms with E-state index in [9.17, 15) is 4.79 Å². The first kappa shape index (κ1) is 12.0. The van der Waals surface area contributed by atoms with Crippen LogP contribution in [0.15, 0.2) is 31.9 Å².